The van der Waals surface area contributed by atoms with Gasteiger partial charge in [0.1, 0.15) is 17.1 Å². The molecule has 0 amide bonds. The first-order valence-electron chi connectivity index (χ1n) is 8.75. The van der Waals surface area contributed by atoms with E-state index in [1.807, 2.05) is 30.3 Å². The van der Waals surface area contributed by atoms with Crippen molar-refractivity contribution in [3.8, 4) is 5.75 Å². The van der Waals surface area contributed by atoms with E-state index in [4.69, 9.17) is 9.15 Å². The molecule has 0 saturated carbocycles. The summed E-state index contributed by atoms with van der Waals surface area (Å²) in [7, 11) is 1.62. The second-order valence-electron chi connectivity index (χ2n) is 6.52. The third-order valence-electron chi connectivity index (χ3n) is 4.86. The molecule has 136 valence electrons. The summed E-state index contributed by atoms with van der Waals surface area (Å²) in [4.78, 5) is 24.2. The number of fused-ring (bicyclic) bond motifs is 2. The van der Waals surface area contributed by atoms with Gasteiger partial charge < -0.3 is 14.3 Å². The fourth-order valence-corrected chi connectivity index (χ4v) is 3.53. The highest BCUT2D eigenvalue weighted by Crippen LogP contribution is 2.34. The van der Waals surface area contributed by atoms with Crippen molar-refractivity contribution < 1.29 is 19.1 Å². The Bertz CT molecular complexity index is 1140. The molecular formula is C22H18O5. The number of aromatic carboxylic acids is 1. The predicted octanol–water partition coefficient (Wildman–Crippen LogP) is 4.38. The average Bonchev–Trinajstić information content (AvgIpc) is 2.69. The summed E-state index contributed by atoms with van der Waals surface area (Å²) in [6.07, 6.45) is 4.25. The number of hydrogen-bond acceptors (Lipinski definition) is 4. The van der Waals surface area contributed by atoms with Gasteiger partial charge in [0, 0.05) is 11.1 Å². The third kappa shape index (κ3) is 3.01. The van der Waals surface area contributed by atoms with Gasteiger partial charge in [-0.15, -0.1) is 0 Å². The molecular weight excluding hydrogens is 344 g/mol. The fraction of sp³-hybridized carbons (Fsp3) is 0.182. The van der Waals surface area contributed by atoms with Gasteiger partial charge in [0.15, 0.2) is 5.43 Å². The Balaban J connectivity index is 1.91. The predicted molar refractivity (Wildman–Crippen MR) is 103 cm³/mol. The average molecular weight is 362 g/mol. The zero-order valence-electron chi connectivity index (χ0n) is 14.8. The zero-order valence-corrected chi connectivity index (χ0v) is 14.8. The third-order valence-corrected chi connectivity index (χ3v) is 4.86. The number of carboxylic acid groups (broad SMARTS) is 1. The van der Waals surface area contributed by atoms with Crippen LogP contribution in [0.4, 0.5) is 0 Å². The number of rotatable bonds is 3. The minimum Gasteiger partial charge on any atom is -0.496 e. The number of ether oxygens (including phenoxy) is 1. The highest BCUT2D eigenvalue weighted by Gasteiger charge is 2.22. The van der Waals surface area contributed by atoms with Crippen LogP contribution in [0.3, 0.4) is 0 Å². The van der Waals surface area contributed by atoms with E-state index < -0.39 is 5.97 Å². The van der Waals surface area contributed by atoms with E-state index in [0.29, 0.717) is 28.7 Å². The van der Waals surface area contributed by atoms with Gasteiger partial charge in [-0.05, 0) is 55.2 Å². The Kier molecular flexibility index (Phi) is 4.28. The summed E-state index contributed by atoms with van der Waals surface area (Å²) in [6.45, 7) is 0. The van der Waals surface area contributed by atoms with Crippen LogP contribution >= 0.6 is 0 Å². The number of carboxylic acids is 1. The molecule has 27 heavy (non-hydrogen) atoms. The summed E-state index contributed by atoms with van der Waals surface area (Å²) in [6, 6.07) is 12.1. The molecule has 0 aliphatic heterocycles. The number of para-hydroxylation sites is 1. The molecule has 0 atom stereocenters. The Labute approximate surface area is 155 Å². The van der Waals surface area contributed by atoms with Crippen molar-refractivity contribution in [3.63, 3.8) is 0 Å². The monoisotopic (exact) mass is 362 g/mol. The van der Waals surface area contributed by atoms with E-state index in [1.54, 1.807) is 13.2 Å². The van der Waals surface area contributed by atoms with Crippen LogP contribution in [-0.4, -0.2) is 18.2 Å². The number of allylic oxidation sites excluding steroid dienone is 1. The standard InChI is InChI=1S/C22H18O5/c1-26-18-8-3-2-5-13(18)11-14-6-4-7-16-20(23)17-12-15(22(24)25)9-10-19(17)27-21(14)16/h2-3,5,8-12H,4,6-7H2,1H3,(H,24,25)/b14-11-. The molecule has 0 spiro atoms. The number of carbonyl (C=O) groups is 1. The minimum atomic E-state index is -1.06. The van der Waals surface area contributed by atoms with Gasteiger partial charge in [-0.1, -0.05) is 18.2 Å². The number of hydrogen-bond donors (Lipinski definition) is 1. The lowest BCUT2D eigenvalue weighted by molar-refractivity contribution is 0.0697. The molecule has 1 N–H and O–H groups in total. The molecule has 5 heteroatoms. The van der Waals surface area contributed by atoms with E-state index in [9.17, 15) is 14.7 Å². The van der Waals surface area contributed by atoms with Crippen molar-refractivity contribution in [2.75, 3.05) is 7.11 Å². The smallest absolute Gasteiger partial charge is 0.335 e. The maximum Gasteiger partial charge on any atom is 0.335 e. The molecule has 1 heterocycles. The zero-order chi connectivity index (χ0) is 19.0. The molecule has 1 aromatic heterocycles. The van der Waals surface area contributed by atoms with Gasteiger partial charge in [0.2, 0.25) is 0 Å². The summed E-state index contributed by atoms with van der Waals surface area (Å²) in [5, 5.41) is 9.49. The van der Waals surface area contributed by atoms with Crippen LogP contribution in [0.25, 0.3) is 22.6 Å². The van der Waals surface area contributed by atoms with Gasteiger partial charge in [0.05, 0.1) is 18.1 Å². The molecule has 0 bridgehead atoms. The summed E-state index contributed by atoms with van der Waals surface area (Å²) >= 11 is 0. The normalized spacial score (nSPS) is 14.9. The van der Waals surface area contributed by atoms with Crippen molar-refractivity contribution in [1.82, 2.24) is 0 Å². The second-order valence-corrected chi connectivity index (χ2v) is 6.52. The molecule has 1 aliphatic rings. The van der Waals surface area contributed by atoms with Crippen LogP contribution in [0.5, 0.6) is 5.75 Å². The lowest BCUT2D eigenvalue weighted by atomic mass is 9.90. The summed E-state index contributed by atoms with van der Waals surface area (Å²) < 4.78 is 11.5. The summed E-state index contributed by atoms with van der Waals surface area (Å²) in [5.74, 6) is 0.282. The van der Waals surface area contributed by atoms with Crippen molar-refractivity contribution in [3.05, 3.63) is 75.1 Å². The van der Waals surface area contributed by atoms with Gasteiger partial charge in [-0.3, -0.25) is 4.79 Å². The minimum absolute atomic E-state index is 0.0790. The topological polar surface area (TPSA) is 76.7 Å². The summed E-state index contributed by atoms with van der Waals surface area (Å²) in [5.41, 5.74) is 2.80. The van der Waals surface area contributed by atoms with E-state index in [-0.39, 0.29) is 11.0 Å². The molecule has 1 aliphatic carbocycles. The Hall–Kier alpha value is -3.34. The Morgan fingerprint density at radius 2 is 2.00 bits per heavy atom. The number of benzene rings is 2. The Morgan fingerprint density at radius 1 is 1.19 bits per heavy atom. The molecule has 4 rings (SSSR count). The van der Waals surface area contributed by atoms with Gasteiger partial charge >= 0.3 is 5.97 Å². The molecule has 3 aromatic rings. The molecule has 0 fully saturated rings. The van der Waals surface area contributed by atoms with Crippen molar-refractivity contribution in [1.29, 1.82) is 0 Å². The van der Waals surface area contributed by atoms with Crippen LogP contribution in [0.2, 0.25) is 0 Å². The van der Waals surface area contributed by atoms with Crippen LogP contribution in [-0.2, 0) is 6.42 Å². The van der Waals surface area contributed by atoms with E-state index in [0.717, 1.165) is 29.7 Å². The van der Waals surface area contributed by atoms with Crippen LogP contribution < -0.4 is 10.2 Å². The first-order chi connectivity index (χ1) is 13.1. The first kappa shape index (κ1) is 17.1. The van der Waals surface area contributed by atoms with Crippen LogP contribution in [0.1, 0.15) is 40.1 Å². The first-order valence-corrected chi connectivity index (χ1v) is 8.75. The lowest BCUT2D eigenvalue weighted by Crippen LogP contribution is -2.16. The highest BCUT2D eigenvalue weighted by molar-refractivity contribution is 5.93. The lowest BCUT2D eigenvalue weighted by Gasteiger charge is -2.18. The van der Waals surface area contributed by atoms with Gasteiger partial charge in [0.25, 0.3) is 0 Å². The Morgan fingerprint density at radius 3 is 2.78 bits per heavy atom. The van der Waals surface area contributed by atoms with E-state index >= 15 is 0 Å². The van der Waals surface area contributed by atoms with Crippen LogP contribution in [0, 0.1) is 0 Å². The molecule has 0 unspecified atom stereocenters. The highest BCUT2D eigenvalue weighted by atomic mass is 16.5. The quantitative estimate of drug-likeness (QED) is 0.748. The van der Waals surface area contributed by atoms with Crippen LogP contribution in [0.15, 0.2) is 51.7 Å². The van der Waals surface area contributed by atoms with Crippen molar-refractivity contribution in [2.45, 2.75) is 19.3 Å². The van der Waals surface area contributed by atoms with Crippen molar-refractivity contribution >= 4 is 28.6 Å². The van der Waals surface area contributed by atoms with Crippen molar-refractivity contribution in [2.24, 2.45) is 0 Å². The largest absolute Gasteiger partial charge is 0.496 e. The molecule has 5 nitrogen and oxygen atoms in total. The molecule has 2 aromatic carbocycles. The maximum absolute atomic E-state index is 13.0. The fourth-order valence-electron chi connectivity index (χ4n) is 3.53. The second kappa shape index (κ2) is 6.76. The SMILES string of the molecule is COc1ccccc1/C=C1/CCCc2c1oc1ccc(C(=O)O)cc1c2=O. The molecule has 0 radical (unpaired) electrons. The number of methoxy groups -OCH3 is 1. The maximum atomic E-state index is 13.0. The van der Waals surface area contributed by atoms with Gasteiger partial charge in [-0.25, -0.2) is 4.79 Å². The van der Waals surface area contributed by atoms with E-state index in [1.165, 1.54) is 12.1 Å². The molecule has 0 saturated heterocycles. The van der Waals surface area contributed by atoms with E-state index in [2.05, 4.69) is 0 Å². The van der Waals surface area contributed by atoms with Gasteiger partial charge in [-0.2, -0.15) is 0 Å².